The molecule has 1 aromatic rings. The van der Waals surface area contributed by atoms with E-state index in [0.717, 1.165) is 5.56 Å². The van der Waals surface area contributed by atoms with Crippen LogP contribution in [0, 0.1) is 0 Å². The van der Waals surface area contributed by atoms with Gasteiger partial charge in [0.15, 0.2) is 5.84 Å². The highest BCUT2D eigenvalue weighted by atomic mass is 16.5. The molecule has 0 saturated carbocycles. The van der Waals surface area contributed by atoms with Crippen LogP contribution in [0.2, 0.25) is 0 Å². The van der Waals surface area contributed by atoms with E-state index >= 15 is 0 Å². The number of nitrogens with zero attached hydrogens (tertiary/aromatic N) is 1. The van der Waals surface area contributed by atoms with Gasteiger partial charge in [0.1, 0.15) is 6.04 Å². The largest absolute Gasteiger partial charge is 0.409 e. The van der Waals surface area contributed by atoms with Gasteiger partial charge >= 0.3 is 0 Å². The second-order valence-electron chi connectivity index (χ2n) is 2.50. The molecule has 0 bridgehead atoms. The van der Waals surface area contributed by atoms with Crippen LogP contribution in [0.25, 0.3) is 0 Å². The number of rotatable bonds is 3. The van der Waals surface area contributed by atoms with Gasteiger partial charge in [-0.3, -0.25) is 0 Å². The molecule has 0 aliphatic carbocycles. The number of nitrogens with one attached hydrogen (secondary N) is 1. The average molecular weight is 181 g/mol. The monoisotopic (exact) mass is 181 g/mol. The zero-order chi connectivity index (χ0) is 9.68. The van der Waals surface area contributed by atoms with Crippen LogP contribution in [0.15, 0.2) is 35.5 Å². The Kier molecular flexibility index (Phi) is 3.24. The Bertz CT molecular complexity index is 287. The third kappa shape index (κ3) is 2.17. The average Bonchev–Trinajstić information content (AvgIpc) is 2.20. The second-order valence-corrected chi connectivity index (χ2v) is 2.50. The third-order valence-electron chi connectivity index (χ3n) is 1.67. The first-order valence-electron chi connectivity index (χ1n) is 3.71. The molecule has 0 heterocycles. The molecule has 5 heteroatoms. The normalized spacial score (nSPS) is 14.1. The van der Waals surface area contributed by atoms with Crippen LogP contribution in [-0.4, -0.2) is 16.3 Å². The summed E-state index contributed by atoms with van der Waals surface area (Å²) in [7, 11) is 0. The van der Waals surface area contributed by atoms with Gasteiger partial charge in [-0.25, -0.2) is 0 Å². The minimum absolute atomic E-state index is 0.0892. The fourth-order valence-electron chi connectivity index (χ4n) is 1.01. The van der Waals surface area contributed by atoms with Crippen LogP contribution in [0.3, 0.4) is 0 Å². The van der Waals surface area contributed by atoms with Crippen molar-refractivity contribution in [2.45, 2.75) is 6.04 Å². The molecule has 70 valence electrons. The number of hydrogen-bond donors (Lipinski definition) is 4. The predicted octanol–water partition coefficient (Wildman–Crippen LogP) is 0.453. The van der Waals surface area contributed by atoms with E-state index in [9.17, 15) is 0 Å². The van der Waals surface area contributed by atoms with Gasteiger partial charge in [0.05, 0.1) is 0 Å². The summed E-state index contributed by atoms with van der Waals surface area (Å²) in [6.07, 6.45) is 0. The SMILES string of the molecule is N/C(=N\O)C(NO)c1ccccc1. The van der Waals surface area contributed by atoms with E-state index in [1.54, 1.807) is 24.3 Å². The van der Waals surface area contributed by atoms with Gasteiger partial charge in [-0.05, 0) is 5.56 Å². The summed E-state index contributed by atoms with van der Waals surface area (Å²) < 4.78 is 0. The lowest BCUT2D eigenvalue weighted by molar-refractivity contribution is 0.148. The smallest absolute Gasteiger partial charge is 0.163 e. The molecular formula is C8H11N3O2. The van der Waals surface area contributed by atoms with Crippen molar-refractivity contribution in [3.8, 4) is 0 Å². The van der Waals surface area contributed by atoms with Crippen molar-refractivity contribution < 1.29 is 10.4 Å². The van der Waals surface area contributed by atoms with Crippen LogP contribution >= 0.6 is 0 Å². The van der Waals surface area contributed by atoms with E-state index in [2.05, 4.69) is 5.16 Å². The Labute approximate surface area is 75.4 Å². The Morgan fingerprint density at radius 3 is 2.46 bits per heavy atom. The van der Waals surface area contributed by atoms with Crippen LogP contribution in [0.5, 0.6) is 0 Å². The Balaban J connectivity index is 2.91. The summed E-state index contributed by atoms with van der Waals surface area (Å²) in [6.45, 7) is 0. The van der Waals surface area contributed by atoms with Gasteiger partial charge in [-0.2, -0.15) is 5.48 Å². The van der Waals surface area contributed by atoms with Gasteiger partial charge in [-0.15, -0.1) is 0 Å². The van der Waals surface area contributed by atoms with E-state index < -0.39 is 6.04 Å². The Morgan fingerprint density at radius 1 is 1.38 bits per heavy atom. The molecule has 13 heavy (non-hydrogen) atoms. The number of nitrogens with two attached hydrogens (primary N) is 1. The highest BCUT2D eigenvalue weighted by Gasteiger charge is 2.14. The van der Waals surface area contributed by atoms with Gasteiger partial charge in [0.2, 0.25) is 0 Å². The maximum absolute atomic E-state index is 8.76. The molecule has 0 spiro atoms. The summed E-state index contributed by atoms with van der Waals surface area (Å²) in [6, 6.07) is 8.27. The van der Waals surface area contributed by atoms with Gasteiger partial charge in [0, 0.05) is 0 Å². The minimum Gasteiger partial charge on any atom is -0.409 e. The second kappa shape index (κ2) is 4.44. The third-order valence-corrected chi connectivity index (χ3v) is 1.67. The molecular weight excluding hydrogens is 170 g/mol. The maximum atomic E-state index is 8.76. The maximum Gasteiger partial charge on any atom is 0.163 e. The molecule has 0 saturated heterocycles. The molecule has 0 amide bonds. The standard InChI is InChI=1S/C8H11N3O2/c9-8(11-13)7(10-12)6-4-2-1-3-5-6/h1-5,7,10,12-13H,(H2,9,11). The molecule has 5 nitrogen and oxygen atoms in total. The lowest BCUT2D eigenvalue weighted by Crippen LogP contribution is -2.31. The van der Waals surface area contributed by atoms with Gasteiger partial charge in [-0.1, -0.05) is 35.5 Å². The number of amidine groups is 1. The first-order valence-corrected chi connectivity index (χ1v) is 3.71. The van der Waals surface area contributed by atoms with Crippen molar-refractivity contribution in [2.24, 2.45) is 10.9 Å². The van der Waals surface area contributed by atoms with Crippen molar-refractivity contribution in [3.05, 3.63) is 35.9 Å². The lowest BCUT2D eigenvalue weighted by atomic mass is 10.1. The molecule has 1 rings (SSSR count). The molecule has 1 atom stereocenters. The minimum atomic E-state index is -0.675. The molecule has 0 fully saturated rings. The predicted molar refractivity (Wildman–Crippen MR) is 47.5 cm³/mol. The highest BCUT2D eigenvalue weighted by Crippen LogP contribution is 2.11. The van der Waals surface area contributed by atoms with Crippen molar-refractivity contribution in [1.82, 2.24) is 5.48 Å². The Morgan fingerprint density at radius 2 is 2.00 bits per heavy atom. The Hall–Kier alpha value is -1.59. The topological polar surface area (TPSA) is 90.9 Å². The van der Waals surface area contributed by atoms with E-state index in [0.29, 0.717) is 0 Å². The van der Waals surface area contributed by atoms with Crippen molar-refractivity contribution >= 4 is 5.84 Å². The molecule has 0 aromatic heterocycles. The van der Waals surface area contributed by atoms with E-state index in [-0.39, 0.29) is 5.84 Å². The molecule has 1 unspecified atom stereocenters. The first kappa shape index (κ1) is 9.50. The van der Waals surface area contributed by atoms with Crippen molar-refractivity contribution in [1.29, 1.82) is 0 Å². The van der Waals surface area contributed by atoms with E-state index in [1.807, 2.05) is 11.5 Å². The summed E-state index contributed by atoms with van der Waals surface area (Å²) in [5.41, 5.74) is 8.01. The molecule has 0 aliphatic rings. The van der Waals surface area contributed by atoms with Gasteiger partial charge in [0.25, 0.3) is 0 Å². The van der Waals surface area contributed by atoms with Crippen molar-refractivity contribution in [2.75, 3.05) is 0 Å². The van der Waals surface area contributed by atoms with Crippen LogP contribution in [0.1, 0.15) is 11.6 Å². The molecule has 1 aromatic carbocycles. The van der Waals surface area contributed by atoms with Crippen molar-refractivity contribution in [3.63, 3.8) is 0 Å². The first-order chi connectivity index (χ1) is 6.29. The zero-order valence-electron chi connectivity index (χ0n) is 6.88. The van der Waals surface area contributed by atoms with E-state index in [1.165, 1.54) is 0 Å². The number of benzene rings is 1. The fraction of sp³-hybridized carbons (Fsp3) is 0.125. The van der Waals surface area contributed by atoms with E-state index in [4.69, 9.17) is 16.1 Å². The lowest BCUT2D eigenvalue weighted by Gasteiger charge is -2.12. The fourth-order valence-corrected chi connectivity index (χ4v) is 1.01. The quantitative estimate of drug-likeness (QED) is 0.236. The highest BCUT2D eigenvalue weighted by molar-refractivity contribution is 5.86. The summed E-state index contributed by atoms with van der Waals surface area (Å²) in [5, 5.41) is 20.0. The zero-order valence-corrected chi connectivity index (χ0v) is 6.88. The number of hydroxylamine groups is 1. The van der Waals surface area contributed by atoms with Crippen LogP contribution < -0.4 is 11.2 Å². The summed E-state index contributed by atoms with van der Waals surface area (Å²) in [4.78, 5) is 0. The summed E-state index contributed by atoms with van der Waals surface area (Å²) >= 11 is 0. The summed E-state index contributed by atoms with van der Waals surface area (Å²) in [5.74, 6) is -0.0892. The molecule has 0 radical (unpaired) electrons. The molecule has 5 N–H and O–H groups in total. The number of oxime groups is 1. The van der Waals surface area contributed by atoms with Crippen LogP contribution in [-0.2, 0) is 0 Å². The van der Waals surface area contributed by atoms with Gasteiger partial charge < -0.3 is 16.1 Å². The van der Waals surface area contributed by atoms with Crippen LogP contribution in [0.4, 0.5) is 0 Å². The molecule has 0 aliphatic heterocycles. The number of hydrogen-bond acceptors (Lipinski definition) is 4.